The minimum Gasteiger partial charge on any atom is -0.475 e. The zero-order chi connectivity index (χ0) is 26.0. The number of benzene rings is 1. The van der Waals surface area contributed by atoms with Crippen LogP contribution in [0.3, 0.4) is 0 Å². The van der Waals surface area contributed by atoms with Crippen molar-refractivity contribution in [2.45, 2.75) is 41.6 Å². The van der Waals surface area contributed by atoms with Gasteiger partial charge >= 0.3 is 22.4 Å². The Kier molecular flexibility index (Phi) is 5.28. The fraction of sp³-hybridized carbons (Fsp3) is 0.471. The molecule has 0 radical (unpaired) electrons. The van der Waals surface area contributed by atoms with Crippen LogP contribution in [0.2, 0.25) is 0 Å². The molecule has 196 valence electrons. The van der Waals surface area contributed by atoms with Crippen LogP contribution in [-0.4, -0.2) is 61.0 Å². The van der Waals surface area contributed by atoms with Gasteiger partial charge in [-0.25, -0.2) is 4.79 Å². The largest absolute Gasteiger partial charge is 0.475 e. The molecule has 3 aliphatic rings. The highest BCUT2D eigenvalue weighted by atomic mass is 32.5. The number of alkyl halides is 3. The number of halogens is 8. The van der Waals surface area contributed by atoms with Gasteiger partial charge in [-0.1, -0.05) is 19.4 Å². The van der Waals surface area contributed by atoms with Crippen LogP contribution in [-0.2, 0) is 23.8 Å². The molecule has 0 bridgehead atoms. The van der Waals surface area contributed by atoms with Gasteiger partial charge < -0.3 is 23.8 Å². The fourth-order valence-corrected chi connectivity index (χ4v) is 4.44. The maximum Gasteiger partial charge on any atom is 0.430 e. The molecular formula is C17H13F8NO8S. The molecule has 0 aromatic heterocycles. The number of nitrogens with zero attached hydrogens (tertiary/aromatic N) is 1. The predicted molar refractivity (Wildman–Crippen MR) is 97.5 cm³/mol. The second-order valence-corrected chi connectivity index (χ2v) is 10.1. The molecule has 4 rings (SSSR count). The minimum atomic E-state index is -10.2. The van der Waals surface area contributed by atoms with Crippen LogP contribution in [0.5, 0.6) is 5.75 Å². The molecule has 35 heavy (non-hydrogen) atoms. The normalized spacial score (nSPS) is 30.2. The van der Waals surface area contributed by atoms with Gasteiger partial charge in [0.2, 0.25) is 6.10 Å². The highest BCUT2D eigenvalue weighted by Crippen LogP contribution is 3.02. The molecule has 0 N–H and O–H groups in total. The molecule has 0 amide bonds. The van der Waals surface area contributed by atoms with E-state index in [2.05, 4.69) is 9.57 Å². The van der Waals surface area contributed by atoms with Gasteiger partial charge in [0.1, 0.15) is 22.9 Å². The number of hydrogen-bond donors (Lipinski definition) is 0. The van der Waals surface area contributed by atoms with Crippen LogP contribution in [0, 0.1) is 10.1 Å². The Labute approximate surface area is 189 Å². The lowest BCUT2D eigenvalue weighted by atomic mass is 10.0. The Morgan fingerprint density at radius 3 is 2.23 bits per heavy atom. The quantitative estimate of drug-likeness (QED) is 0.234. The average molecular weight is 543 g/mol. The van der Waals surface area contributed by atoms with Crippen LogP contribution in [0.4, 0.5) is 32.6 Å². The topological polar surface area (TPSA) is 106 Å². The number of rotatable bonds is 5. The zero-order valence-electron chi connectivity index (χ0n) is 16.8. The molecule has 0 saturated carbocycles. The van der Waals surface area contributed by atoms with Crippen molar-refractivity contribution >= 4 is 22.3 Å². The molecule has 0 spiro atoms. The van der Waals surface area contributed by atoms with Gasteiger partial charge in [-0.2, -0.15) is 13.2 Å². The highest BCUT2D eigenvalue weighted by Gasteiger charge is 2.65. The third-order valence-corrected chi connectivity index (χ3v) is 6.39. The predicted octanol–water partition coefficient (Wildman–Crippen LogP) is 4.34. The Hall–Kier alpha value is -2.86. The molecule has 2 saturated heterocycles. The summed E-state index contributed by atoms with van der Waals surface area (Å²) in [5.74, 6) is -2.52. The van der Waals surface area contributed by atoms with Crippen molar-refractivity contribution in [2.24, 2.45) is 0 Å². The number of hydrogen-bond acceptors (Lipinski definition) is 8. The van der Waals surface area contributed by atoms with Crippen molar-refractivity contribution in [2.75, 3.05) is 13.2 Å². The Morgan fingerprint density at radius 2 is 1.66 bits per heavy atom. The maximum atomic E-state index is 13.5. The summed E-state index contributed by atoms with van der Waals surface area (Å²) in [6.07, 6.45) is -12.7. The number of fused-ring (bicyclic) bond motifs is 2. The van der Waals surface area contributed by atoms with Crippen molar-refractivity contribution in [1.82, 2.24) is 0 Å². The molecule has 0 aliphatic carbocycles. The smallest absolute Gasteiger partial charge is 0.430 e. The van der Waals surface area contributed by atoms with E-state index in [1.807, 2.05) is 0 Å². The lowest BCUT2D eigenvalue weighted by Gasteiger charge is -2.41. The summed E-state index contributed by atoms with van der Waals surface area (Å²) in [4.78, 5) is 25.1. The third kappa shape index (κ3) is 5.08. The van der Waals surface area contributed by atoms with Gasteiger partial charge in [-0.15, -0.1) is 10.1 Å². The summed E-state index contributed by atoms with van der Waals surface area (Å²) in [5, 5.41) is 9.39. The van der Waals surface area contributed by atoms with Crippen LogP contribution < -0.4 is 4.74 Å². The summed E-state index contributed by atoms with van der Waals surface area (Å²) in [6.45, 7) is -0.805. The lowest BCUT2D eigenvalue weighted by molar-refractivity contribution is -0.769. The molecular weight excluding hydrogens is 530 g/mol. The number of carbonyl (C=O) groups excluding carboxylic acids is 1. The second kappa shape index (κ2) is 7.33. The van der Waals surface area contributed by atoms with Gasteiger partial charge in [0.25, 0.3) is 5.09 Å². The van der Waals surface area contributed by atoms with E-state index in [1.54, 1.807) is 0 Å². The van der Waals surface area contributed by atoms with Gasteiger partial charge in [-0.3, -0.25) is 0 Å². The van der Waals surface area contributed by atoms with E-state index in [-0.39, 0.29) is 24.8 Å². The molecule has 1 aromatic carbocycles. The molecule has 9 nitrogen and oxygen atoms in total. The van der Waals surface area contributed by atoms with Crippen LogP contribution in [0.25, 0.3) is 6.08 Å². The highest BCUT2D eigenvalue weighted by molar-refractivity contribution is 8.45. The SMILES string of the molecule is O=C(O[C@H]1CO[C@H]2[C@@H]1OC[C@H]2O[N+](=O)[O-])C1=Cc2cc(S(F)(F)(F)(F)F)ccc2O[C@@H]1C(F)(F)F. The first-order chi connectivity index (χ1) is 15.8. The van der Waals surface area contributed by atoms with Crippen LogP contribution >= 0.6 is 10.2 Å². The molecule has 18 heteroatoms. The molecule has 1 aromatic rings. The molecule has 2 fully saturated rings. The van der Waals surface area contributed by atoms with Gasteiger partial charge in [0.05, 0.1) is 18.8 Å². The van der Waals surface area contributed by atoms with Crippen LogP contribution in [0.1, 0.15) is 5.56 Å². The summed E-state index contributed by atoms with van der Waals surface area (Å²) >= 11 is 0. The summed E-state index contributed by atoms with van der Waals surface area (Å²) in [7, 11) is -10.2. The van der Waals surface area contributed by atoms with E-state index in [0.717, 1.165) is 0 Å². The maximum absolute atomic E-state index is 13.5. The number of carbonyl (C=O) groups is 1. The Balaban J connectivity index is 1.62. The first-order valence-corrected chi connectivity index (χ1v) is 11.4. The van der Waals surface area contributed by atoms with E-state index in [0.29, 0.717) is 6.08 Å². The third-order valence-electron chi connectivity index (χ3n) is 5.24. The van der Waals surface area contributed by atoms with Crippen molar-refractivity contribution in [3.05, 3.63) is 39.4 Å². The summed E-state index contributed by atoms with van der Waals surface area (Å²) in [6, 6.07) is 0.0318. The number of esters is 1. The number of ether oxygens (including phenoxy) is 4. The van der Waals surface area contributed by atoms with Gasteiger partial charge in [0.15, 0.2) is 12.2 Å². The van der Waals surface area contributed by atoms with E-state index in [1.165, 1.54) is 0 Å². The molecule has 5 atom stereocenters. The van der Waals surface area contributed by atoms with E-state index >= 15 is 0 Å². The molecule has 3 heterocycles. The van der Waals surface area contributed by atoms with E-state index < -0.39 is 86.4 Å². The van der Waals surface area contributed by atoms with Gasteiger partial charge in [-0.05, 0) is 24.3 Å². The first-order valence-electron chi connectivity index (χ1n) is 9.42. The van der Waals surface area contributed by atoms with Crippen molar-refractivity contribution < 1.29 is 66.3 Å². The zero-order valence-corrected chi connectivity index (χ0v) is 17.6. The standard InChI is InChI=1S/C17H13F8NO8S/c18-17(19,20)15-9(4-7-3-8(1-2-10(7)32-15)35(21,22,23,24)25)16(27)33-11-5-30-14-12(34-26(28)29)6-31-13(11)14/h1-4,11-15H,5-6H2/t11-,12+,13+,14+,15-/m0/s1. The van der Waals surface area contributed by atoms with Crippen molar-refractivity contribution in [1.29, 1.82) is 0 Å². The second-order valence-electron chi connectivity index (χ2n) is 7.71. The average Bonchev–Trinajstić information content (AvgIpc) is 3.27. The van der Waals surface area contributed by atoms with Crippen molar-refractivity contribution in [3.8, 4) is 5.75 Å². The molecule has 3 aliphatic heterocycles. The van der Waals surface area contributed by atoms with E-state index in [9.17, 15) is 47.5 Å². The summed E-state index contributed by atoms with van der Waals surface area (Å²) in [5.41, 5.74) is -2.18. The van der Waals surface area contributed by atoms with Crippen LogP contribution in [0.15, 0.2) is 28.7 Å². The Morgan fingerprint density at radius 1 is 1.06 bits per heavy atom. The lowest BCUT2D eigenvalue weighted by Crippen LogP contribution is -2.42. The Bertz CT molecular complexity index is 1110. The fourth-order valence-electron chi connectivity index (χ4n) is 3.77. The van der Waals surface area contributed by atoms with Gasteiger partial charge in [0, 0.05) is 5.56 Å². The minimum absolute atomic E-state index is 0.123. The first kappa shape index (κ1) is 25.2. The summed E-state index contributed by atoms with van der Waals surface area (Å²) < 4.78 is 126. The molecule has 0 unspecified atom stereocenters. The van der Waals surface area contributed by atoms with Crippen molar-refractivity contribution in [3.63, 3.8) is 0 Å². The van der Waals surface area contributed by atoms with E-state index in [4.69, 9.17) is 14.2 Å². The monoisotopic (exact) mass is 543 g/mol.